The number of benzene rings is 2. The minimum atomic E-state index is -3.59. The summed E-state index contributed by atoms with van der Waals surface area (Å²) in [5.74, 6) is -0.764. The molecule has 0 fully saturated rings. The van der Waals surface area contributed by atoms with Gasteiger partial charge >= 0.3 is 0 Å². The van der Waals surface area contributed by atoms with Crippen molar-refractivity contribution in [1.29, 1.82) is 1.28 Å². The van der Waals surface area contributed by atoms with Gasteiger partial charge in [-0.3, -0.25) is 14.4 Å². The number of allylic oxidation sites excluding steroid dienone is 1. The summed E-state index contributed by atoms with van der Waals surface area (Å²) < 4.78 is 94.3. The maximum Gasteiger partial charge on any atom is 0.239 e. The van der Waals surface area contributed by atoms with E-state index in [1.54, 1.807) is 18.2 Å². The number of aromatic nitrogens is 4. The zero-order valence-corrected chi connectivity index (χ0v) is 48.8. The van der Waals surface area contributed by atoms with Crippen LogP contribution in [0.25, 0.3) is 28.6 Å². The molecular weight excluding hydrogens is 1280 g/mol. The summed E-state index contributed by atoms with van der Waals surface area (Å²) in [5.41, 5.74) is 3.69. The number of aldehydes is 1. The molecule has 0 bridgehead atoms. The van der Waals surface area contributed by atoms with Crippen LogP contribution in [0.15, 0.2) is 54.6 Å². The van der Waals surface area contributed by atoms with Gasteiger partial charge in [0, 0.05) is 85.8 Å². The first kappa shape index (κ1) is 62.3. The Labute approximate surface area is 432 Å². The monoisotopic (exact) mass is 1340 g/mol. The van der Waals surface area contributed by atoms with E-state index >= 15 is 0 Å². The van der Waals surface area contributed by atoms with Gasteiger partial charge in [-0.2, -0.15) is 12.8 Å². The molecule has 0 saturated heterocycles. The van der Waals surface area contributed by atoms with Gasteiger partial charge in [-0.05, 0) is 79.2 Å². The molecule has 0 aliphatic heterocycles. The smallest absolute Gasteiger partial charge is 0.239 e. The second-order valence-corrected chi connectivity index (χ2v) is 22.2. The Kier molecular flexibility index (Phi) is 27.0. The summed E-state index contributed by atoms with van der Waals surface area (Å²) in [6, 6.07) is 11.2. The minimum Gasteiger partial charge on any atom is -0.343 e. The van der Waals surface area contributed by atoms with Crippen LogP contribution in [0, 0.1) is 37.3 Å². The molecule has 4 aromatic rings. The van der Waals surface area contributed by atoms with Crippen LogP contribution >= 0.6 is 7.75 Å². The topological polar surface area (TPSA) is 195 Å². The van der Waals surface area contributed by atoms with Crippen molar-refractivity contribution in [3.8, 4) is 22.5 Å². The van der Waals surface area contributed by atoms with E-state index in [0.29, 0.717) is 65.7 Å². The Morgan fingerprint density at radius 1 is 0.706 bits per heavy atom. The molecule has 0 aliphatic rings. The number of anilines is 2. The summed E-state index contributed by atoms with van der Waals surface area (Å²) in [6.45, 7) is 20.2. The predicted octanol–water partition coefficient (Wildman–Crippen LogP) is 9.24. The second-order valence-electron chi connectivity index (χ2n) is 16.6. The average molecular weight is 1340 g/mol. The van der Waals surface area contributed by atoms with Gasteiger partial charge in [0.25, 0.3) is 0 Å². The molecule has 0 N–H and O–H groups in total. The molecule has 0 aliphatic carbocycles. The zero-order chi connectivity index (χ0) is 51.2. The van der Waals surface area contributed by atoms with Crippen molar-refractivity contribution >= 4 is 63.6 Å². The SMILES string of the molecule is CC(C)c1nc(N(C)S(C)(=O)=O)nc(-c2ccc(F)cc2)c1C=O.[3H]P(C)(=O)CC(=O)CC(C)C[CH2-].[CH2-]C[C@H](C)CC(=O)/C=C/c1c(-c2ccc(F)cc2)nc(N(C)S(C)(=O)=O)nc1C(C)C.[W].[W]. The maximum absolute atomic E-state index is 13.5. The number of carbonyl (C=O) groups excluding carboxylic acids is 3. The van der Waals surface area contributed by atoms with Crippen molar-refractivity contribution in [2.45, 2.75) is 79.1 Å². The molecule has 0 amide bonds. The molecule has 0 spiro atoms. The standard InChI is InChI=1S/C23H29FN3O3S.C16H18FN3O3S.C8H16O2P.2W/c1-7-16(4)14-19(28)12-13-20-21(15(2)3)25-23(27(5)31(6,29)30)26-22(20)17-8-10-18(24)11-9-17;1-10(2)14-13(9-21)15(11-5-7-12(17)8-6-11)19-16(18-14)20(3)24(4,22)23;1-4-7(2)5-8(9)6-11(3)10;;/h8-13,15-16H,1,7,14H2,2-6H3;5-10H,1-4H3;7,11H,1,4-6H2,2-3H3;;/q-1;;-1;;/b13-12+;;;;/t16-;;;;/m0..../s1/i;;11T;;. The van der Waals surface area contributed by atoms with Crippen molar-refractivity contribution in [2.75, 3.05) is 48.0 Å². The normalized spacial score (nSPS) is 13.3. The molecule has 21 heteroatoms. The Hall–Kier alpha value is -3.68. The Bertz CT molecular complexity index is 2660. The molecular formula is C47H63F2N6O8PS2W2-2. The van der Waals surface area contributed by atoms with Crippen LogP contribution in [-0.2, 0) is 76.3 Å². The quantitative estimate of drug-likeness (QED) is 0.0374. The third-order valence-corrected chi connectivity index (χ3v) is 13.0. The van der Waals surface area contributed by atoms with Gasteiger partial charge in [-0.25, -0.2) is 54.2 Å². The first-order valence-electron chi connectivity index (χ1n) is 21.5. The third-order valence-electron chi connectivity index (χ3n) is 9.88. The van der Waals surface area contributed by atoms with Gasteiger partial charge in [0.1, 0.15) is 18.7 Å². The fourth-order valence-electron chi connectivity index (χ4n) is 5.84. The van der Waals surface area contributed by atoms with Crippen molar-refractivity contribution in [3.63, 3.8) is 0 Å². The van der Waals surface area contributed by atoms with E-state index in [2.05, 4.69) is 33.8 Å². The molecule has 374 valence electrons. The number of halogens is 2. The van der Waals surface area contributed by atoms with Gasteiger partial charge in [-0.1, -0.05) is 53.4 Å². The van der Waals surface area contributed by atoms with Gasteiger partial charge in [0.2, 0.25) is 31.9 Å². The Morgan fingerprint density at radius 3 is 1.41 bits per heavy atom. The van der Waals surface area contributed by atoms with E-state index < -0.39 is 39.4 Å². The molecule has 0 radical (unpaired) electrons. The Morgan fingerprint density at radius 2 is 1.07 bits per heavy atom. The molecule has 68 heavy (non-hydrogen) atoms. The summed E-state index contributed by atoms with van der Waals surface area (Å²) in [7, 11) is -7.35. The fraction of sp³-hybridized carbons (Fsp3) is 0.426. The molecule has 4 rings (SSSR count). The van der Waals surface area contributed by atoms with E-state index in [4.69, 9.17) is 1.28 Å². The fourth-order valence-corrected chi connectivity index (χ4v) is 7.22. The molecule has 2 aromatic carbocycles. The number of hydrogen-bond acceptors (Lipinski definition) is 12. The third kappa shape index (κ3) is 20.3. The maximum atomic E-state index is 13.5. The Balaban J connectivity index is 0.00000108. The predicted molar refractivity (Wildman–Crippen MR) is 261 cm³/mol. The van der Waals surface area contributed by atoms with E-state index in [1.165, 1.54) is 63.2 Å². The number of hydrogen-bond donors (Lipinski definition) is 0. The number of ketones is 2. The summed E-state index contributed by atoms with van der Waals surface area (Å²) in [4.78, 5) is 52.5. The van der Waals surface area contributed by atoms with Crippen LogP contribution in [0.4, 0.5) is 20.7 Å². The van der Waals surface area contributed by atoms with E-state index in [-0.39, 0.29) is 107 Å². The summed E-state index contributed by atoms with van der Waals surface area (Å²) >= 11 is 0. The van der Waals surface area contributed by atoms with Crippen LogP contribution < -0.4 is 8.61 Å². The number of sulfonamides is 2. The van der Waals surface area contributed by atoms with Crippen molar-refractivity contribution in [2.24, 2.45) is 11.8 Å². The first-order chi connectivity index (χ1) is 30.9. The van der Waals surface area contributed by atoms with Crippen LogP contribution in [0.5, 0.6) is 0 Å². The molecule has 14 nitrogen and oxygen atoms in total. The van der Waals surface area contributed by atoms with Crippen LogP contribution in [0.3, 0.4) is 0 Å². The van der Waals surface area contributed by atoms with Crippen LogP contribution in [-0.4, -0.2) is 95.3 Å². The summed E-state index contributed by atoms with van der Waals surface area (Å²) in [6.07, 6.45) is 7.95. The van der Waals surface area contributed by atoms with E-state index in [9.17, 15) is 44.6 Å². The van der Waals surface area contributed by atoms with Gasteiger partial charge in [0.05, 0.1) is 54.8 Å². The van der Waals surface area contributed by atoms with Gasteiger partial charge in [-0.15, -0.1) is 0 Å². The number of nitrogens with zero attached hydrogens (tertiary/aromatic N) is 6. The summed E-state index contributed by atoms with van der Waals surface area (Å²) in [5, 5.41) is 0. The van der Waals surface area contributed by atoms with E-state index in [0.717, 1.165) is 21.1 Å². The number of Topliss-reactive ketones (excluding diaryl/α,β-unsaturated/α-hetero) is 1. The van der Waals surface area contributed by atoms with Crippen LogP contribution in [0.1, 0.15) is 106 Å². The number of carbonyl (C=O) groups is 3. The number of rotatable bonds is 19. The molecule has 2 aromatic heterocycles. The average Bonchev–Trinajstić information content (AvgIpc) is 3.23. The van der Waals surface area contributed by atoms with Gasteiger partial charge < -0.3 is 18.4 Å². The first-order valence-corrected chi connectivity index (χ1v) is 26.6. The van der Waals surface area contributed by atoms with E-state index in [1.807, 2.05) is 41.5 Å². The van der Waals surface area contributed by atoms with Crippen molar-refractivity contribution < 1.29 is 86.7 Å². The zero-order valence-electron chi connectivity index (χ0n) is 41.4. The van der Waals surface area contributed by atoms with Crippen LogP contribution in [0.2, 0.25) is 0 Å². The minimum absolute atomic E-state index is 0. The molecule has 2 heterocycles. The molecule has 3 atom stereocenters. The molecule has 2 unspecified atom stereocenters. The second kappa shape index (κ2) is 29.5. The largest absolute Gasteiger partial charge is 0.343 e. The van der Waals surface area contributed by atoms with Gasteiger partial charge in [0.15, 0.2) is 12.1 Å². The van der Waals surface area contributed by atoms with Crippen molar-refractivity contribution in [1.82, 2.24) is 19.9 Å². The molecule has 0 saturated carbocycles. The van der Waals surface area contributed by atoms with Crippen molar-refractivity contribution in [3.05, 3.63) is 103 Å².